The summed E-state index contributed by atoms with van der Waals surface area (Å²) in [5.41, 5.74) is 1.83. The Morgan fingerprint density at radius 1 is 1.15 bits per heavy atom. The molecule has 0 spiro atoms. The molecule has 0 bridgehead atoms. The Labute approximate surface area is 157 Å². The van der Waals surface area contributed by atoms with E-state index in [1.807, 2.05) is 0 Å². The van der Waals surface area contributed by atoms with Crippen molar-refractivity contribution in [1.29, 1.82) is 0 Å². The Morgan fingerprint density at radius 2 is 1.85 bits per heavy atom. The predicted octanol–water partition coefficient (Wildman–Crippen LogP) is 3.25. The van der Waals surface area contributed by atoms with E-state index in [2.05, 4.69) is 4.98 Å². The number of ether oxygens (including phenoxy) is 3. The number of aromatic nitrogens is 1. The number of ketones is 1. The van der Waals surface area contributed by atoms with E-state index in [1.54, 1.807) is 39.0 Å². The van der Waals surface area contributed by atoms with Gasteiger partial charge in [0.2, 0.25) is 5.78 Å². The lowest BCUT2D eigenvalue weighted by atomic mass is 10.1. The van der Waals surface area contributed by atoms with Crippen LogP contribution < -0.4 is 4.74 Å². The molecule has 1 aromatic heterocycles. The Kier molecular flexibility index (Phi) is 6.39. The van der Waals surface area contributed by atoms with Crippen molar-refractivity contribution in [3.63, 3.8) is 0 Å². The van der Waals surface area contributed by atoms with Gasteiger partial charge in [-0.3, -0.25) is 4.79 Å². The van der Waals surface area contributed by atoms with Crippen LogP contribution in [0.5, 0.6) is 5.75 Å². The van der Waals surface area contributed by atoms with Gasteiger partial charge in [-0.2, -0.15) is 0 Å². The second kappa shape index (κ2) is 8.53. The van der Waals surface area contributed by atoms with Crippen LogP contribution in [0, 0.1) is 13.8 Å². The Morgan fingerprint density at radius 3 is 2.48 bits per heavy atom. The maximum absolute atomic E-state index is 12.7. The van der Waals surface area contributed by atoms with Crippen molar-refractivity contribution < 1.29 is 28.6 Å². The van der Waals surface area contributed by atoms with Crippen molar-refractivity contribution in [1.82, 2.24) is 4.98 Å². The molecule has 0 amide bonds. The summed E-state index contributed by atoms with van der Waals surface area (Å²) in [7, 11) is 1.49. The number of carbonyl (C=O) groups is 3. The Balaban J connectivity index is 2.19. The SMILES string of the molecule is CCOC(=O)c1c(C)[nH]c(C(=O)[C@@H](C)OC(=O)c2cccc(OC)c2)c1C. The summed E-state index contributed by atoms with van der Waals surface area (Å²) in [5.74, 6) is -1.05. The van der Waals surface area contributed by atoms with Crippen LogP contribution in [0.4, 0.5) is 0 Å². The van der Waals surface area contributed by atoms with Crippen LogP contribution in [-0.4, -0.2) is 42.5 Å². The second-order valence-corrected chi connectivity index (χ2v) is 5.99. The van der Waals surface area contributed by atoms with Crippen LogP contribution in [0.25, 0.3) is 0 Å². The van der Waals surface area contributed by atoms with E-state index < -0.39 is 23.8 Å². The summed E-state index contributed by atoms with van der Waals surface area (Å²) in [6.45, 7) is 6.77. The third-order valence-electron chi connectivity index (χ3n) is 4.12. The van der Waals surface area contributed by atoms with Gasteiger partial charge in [-0.15, -0.1) is 0 Å². The van der Waals surface area contributed by atoms with Crippen LogP contribution >= 0.6 is 0 Å². The molecule has 7 heteroatoms. The van der Waals surface area contributed by atoms with Crippen LogP contribution in [0.1, 0.15) is 56.3 Å². The first kappa shape index (κ1) is 20.2. The number of H-pyrrole nitrogens is 1. The molecule has 0 unspecified atom stereocenters. The first-order valence-electron chi connectivity index (χ1n) is 8.55. The number of aromatic amines is 1. The first-order valence-corrected chi connectivity index (χ1v) is 8.55. The van der Waals surface area contributed by atoms with Gasteiger partial charge in [-0.05, 0) is 51.5 Å². The molecular weight excluding hydrogens is 350 g/mol. The number of methoxy groups -OCH3 is 1. The molecule has 2 aromatic rings. The minimum absolute atomic E-state index is 0.224. The highest BCUT2D eigenvalue weighted by molar-refractivity contribution is 6.04. The zero-order valence-electron chi connectivity index (χ0n) is 16.0. The van der Waals surface area contributed by atoms with Gasteiger partial charge in [-0.1, -0.05) is 6.07 Å². The molecule has 0 radical (unpaired) electrons. The zero-order valence-corrected chi connectivity index (χ0v) is 16.0. The average molecular weight is 373 g/mol. The molecule has 1 aromatic carbocycles. The lowest BCUT2D eigenvalue weighted by molar-refractivity contribution is 0.0316. The molecule has 2 rings (SSSR count). The van der Waals surface area contributed by atoms with Crippen LogP contribution in [0.2, 0.25) is 0 Å². The molecular formula is C20H23NO6. The van der Waals surface area contributed by atoms with E-state index in [0.717, 1.165) is 0 Å². The number of aryl methyl sites for hydroxylation is 1. The maximum Gasteiger partial charge on any atom is 0.340 e. The number of hydrogen-bond donors (Lipinski definition) is 1. The highest BCUT2D eigenvalue weighted by Gasteiger charge is 2.27. The first-order chi connectivity index (χ1) is 12.8. The highest BCUT2D eigenvalue weighted by Crippen LogP contribution is 2.21. The van der Waals surface area contributed by atoms with Crippen molar-refractivity contribution in [3.05, 3.63) is 52.3 Å². The van der Waals surface area contributed by atoms with Gasteiger partial charge in [0.1, 0.15) is 5.75 Å². The number of Topliss-reactive ketones (excluding diaryl/α,β-unsaturated/α-hetero) is 1. The van der Waals surface area contributed by atoms with Gasteiger partial charge in [-0.25, -0.2) is 9.59 Å². The fourth-order valence-corrected chi connectivity index (χ4v) is 2.74. The topological polar surface area (TPSA) is 94.7 Å². The predicted molar refractivity (Wildman–Crippen MR) is 98.4 cm³/mol. The normalized spacial score (nSPS) is 11.6. The van der Waals surface area contributed by atoms with Crippen LogP contribution in [0.3, 0.4) is 0 Å². The number of nitrogens with one attached hydrogen (secondary N) is 1. The van der Waals surface area contributed by atoms with Gasteiger partial charge < -0.3 is 19.2 Å². The molecule has 1 atom stereocenters. The van der Waals surface area contributed by atoms with Crippen molar-refractivity contribution in [2.24, 2.45) is 0 Å². The standard InChI is InChI=1S/C20H23NO6/c1-6-26-20(24)16-11(2)17(21-12(16)3)18(22)13(4)27-19(23)14-8-7-9-15(10-14)25-5/h7-10,13,21H,6H2,1-5H3/t13-/m1/s1. The van der Waals surface area contributed by atoms with Crippen LogP contribution in [0.15, 0.2) is 24.3 Å². The zero-order chi connectivity index (χ0) is 20.1. The minimum atomic E-state index is -1.03. The summed E-state index contributed by atoms with van der Waals surface area (Å²) >= 11 is 0. The fraction of sp³-hybridized carbons (Fsp3) is 0.350. The summed E-state index contributed by atoms with van der Waals surface area (Å²) in [5, 5.41) is 0. The van der Waals surface area contributed by atoms with Gasteiger partial charge in [0.25, 0.3) is 0 Å². The molecule has 1 heterocycles. The summed E-state index contributed by atoms with van der Waals surface area (Å²) in [6.07, 6.45) is -1.03. The number of hydrogen-bond acceptors (Lipinski definition) is 6. The molecule has 0 fully saturated rings. The molecule has 1 N–H and O–H groups in total. The molecule has 0 aliphatic heterocycles. The van der Waals surface area contributed by atoms with E-state index in [4.69, 9.17) is 14.2 Å². The van der Waals surface area contributed by atoms with Crippen molar-refractivity contribution in [2.45, 2.75) is 33.8 Å². The molecule has 7 nitrogen and oxygen atoms in total. The van der Waals surface area contributed by atoms with Crippen molar-refractivity contribution in [3.8, 4) is 5.75 Å². The molecule has 0 saturated carbocycles. The second-order valence-electron chi connectivity index (χ2n) is 5.99. The smallest absolute Gasteiger partial charge is 0.340 e. The molecule has 144 valence electrons. The molecule has 0 aliphatic rings. The van der Waals surface area contributed by atoms with E-state index in [0.29, 0.717) is 22.6 Å². The lowest BCUT2D eigenvalue weighted by Crippen LogP contribution is -2.25. The van der Waals surface area contributed by atoms with Gasteiger partial charge in [0.05, 0.1) is 30.5 Å². The Hall–Kier alpha value is -3.09. The number of carbonyl (C=O) groups excluding carboxylic acids is 3. The maximum atomic E-state index is 12.7. The molecule has 0 aliphatic carbocycles. The third-order valence-corrected chi connectivity index (χ3v) is 4.12. The van der Waals surface area contributed by atoms with Gasteiger partial charge >= 0.3 is 11.9 Å². The monoisotopic (exact) mass is 373 g/mol. The summed E-state index contributed by atoms with van der Waals surface area (Å²) in [4.78, 5) is 40.0. The van der Waals surface area contributed by atoms with Crippen molar-refractivity contribution >= 4 is 17.7 Å². The van der Waals surface area contributed by atoms with Gasteiger partial charge in [0.15, 0.2) is 6.10 Å². The van der Waals surface area contributed by atoms with Crippen molar-refractivity contribution in [2.75, 3.05) is 13.7 Å². The van der Waals surface area contributed by atoms with E-state index in [9.17, 15) is 14.4 Å². The Bertz CT molecular complexity index is 867. The summed E-state index contributed by atoms with van der Waals surface area (Å²) in [6, 6.07) is 6.47. The fourth-order valence-electron chi connectivity index (χ4n) is 2.74. The average Bonchev–Trinajstić information content (AvgIpc) is 2.95. The number of benzene rings is 1. The van der Waals surface area contributed by atoms with Gasteiger partial charge in [0, 0.05) is 5.69 Å². The summed E-state index contributed by atoms with van der Waals surface area (Å²) < 4.78 is 15.4. The number of rotatable bonds is 7. The highest BCUT2D eigenvalue weighted by atomic mass is 16.5. The van der Waals surface area contributed by atoms with E-state index in [-0.39, 0.29) is 17.9 Å². The third kappa shape index (κ3) is 4.36. The molecule has 0 saturated heterocycles. The minimum Gasteiger partial charge on any atom is -0.497 e. The largest absolute Gasteiger partial charge is 0.497 e. The quantitative estimate of drug-likeness (QED) is 0.591. The lowest BCUT2D eigenvalue weighted by Gasteiger charge is -2.12. The van der Waals surface area contributed by atoms with Crippen LogP contribution in [-0.2, 0) is 9.47 Å². The molecule has 27 heavy (non-hydrogen) atoms. The number of esters is 2. The van der Waals surface area contributed by atoms with E-state index in [1.165, 1.54) is 20.1 Å². The van der Waals surface area contributed by atoms with E-state index >= 15 is 0 Å².